The number of hydrogen-bond donors (Lipinski definition) is 1. The Morgan fingerprint density at radius 3 is 2.62 bits per heavy atom. The van der Waals surface area contributed by atoms with Crippen molar-refractivity contribution in [3.8, 4) is 6.07 Å². The zero-order valence-corrected chi connectivity index (χ0v) is 14.0. The van der Waals surface area contributed by atoms with E-state index in [2.05, 4.69) is 10.3 Å². The smallest absolute Gasteiger partial charge is 0.244 e. The van der Waals surface area contributed by atoms with E-state index in [0.717, 1.165) is 10.00 Å². The summed E-state index contributed by atoms with van der Waals surface area (Å²) >= 11 is 0. The first-order valence-electron chi connectivity index (χ1n) is 7.03. The van der Waals surface area contributed by atoms with Gasteiger partial charge >= 0.3 is 0 Å². The molecule has 1 aromatic carbocycles. The van der Waals surface area contributed by atoms with E-state index in [-0.39, 0.29) is 10.5 Å². The molecule has 7 nitrogen and oxygen atoms in total. The molecule has 1 amide bonds. The number of benzene rings is 1. The Morgan fingerprint density at radius 1 is 1.25 bits per heavy atom. The fraction of sp³-hybridized carbons (Fsp3) is 0.188. The Kier molecular flexibility index (Phi) is 5.28. The van der Waals surface area contributed by atoms with Crippen LogP contribution in [0.4, 0.5) is 5.82 Å². The van der Waals surface area contributed by atoms with Gasteiger partial charge in [0.05, 0.1) is 17.0 Å². The van der Waals surface area contributed by atoms with Crippen LogP contribution in [0.25, 0.3) is 0 Å². The van der Waals surface area contributed by atoms with Gasteiger partial charge in [-0.05, 0) is 31.2 Å². The lowest BCUT2D eigenvalue weighted by atomic mass is 10.2. The van der Waals surface area contributed by atoms with Gasteiger partial charge in [0, 0.05) is 12.7 Å². The molecule has 0 saturated carbocycles. The Bertz CT molecular complexity index is 904. The van der Waals surface area contributed by atoms with E-state index in [1.165, 1.54) is 25.2 Å². The summed E-state index contributed by atoms with van der Waals surface area (Å²) in [6.45, 7) is 1.39. The van der Waals surface area contributed by atoms with E-state index >= 15 is 0 Å². The molecule has 0 atom stereocenters. The summed E-state index contributed by atoms with van der Waals surface area (Å²) in [5.41, 5.74) is 0.766. The number of nitriles is 1. The summed E-state index contributed by atoms with van der Waals surface area (Å²) < 4.78 is 26.0. The number of sulfonamides is 1. The quantitative estimate of drug-likeness (QED) is 0.886. The van der Waals surface area contributed by atoms with Gasteiger partial charge in [-0.25, -0.2) is 13.4 Å². The maximum Gasteiger partial charge on any atom is 0.244 e. The van der Waals surface area contributed by atoms with Crippen molar-refractivity contribution in [2.45, 2.75) is 11.8 Å². The van der Waals surface area contributed by atoms with Gasteiger partial charge in [-0.3, -0.25) is 4.79 Å². The number of nitrogens with one attached hydrogen (secondary N) is 1. The van der Waals surface area contributed by atoms with Crippen LogP contribution in [0.15, 0.2) is 47.4 Å². The third-order valence-corrected chi connectivity index (χ3v) is 5.08. The van der Waals surface area contributed by atoms with Crippen molar-refractivity contribution in [3.05, 3.63) is 53.7 Å². The van der Waals surface area contributed by atoms with Gasteiger partial charge in [0.25, 0.3) is 0 Å². The lowest BCUT2D eigenvalue weighted by Crippen LogP contribution is -2.35. The van der Waals surface area contributed by atoms with Crippen LogP contribution in [0, 0.1) is 18.3 Å². The summed E-state index contributed by atoms with van der Waals surface area (Å²) in [6.07, 6.45) is 0. The molecule has 0 aliphatic heterocycles. The SMILES string of the molecule is Cc1cccc(NC(=O)CN(C)S(=O)(=O)c2ccccc2C#N)n1. The van der Waals surface area contributed by atoms with Gasteiger partial charge in [-0.15, -0.1) is 0 Å². The summed E-state index contributed by atoms with van der Waals surface area (Å²) in [5.74, 6) is -0.170. The minimum atomic E-state index is -3.95. The monoisotopic (exact) mass is 344 g/mol. The minimum absolute atomic E-state index is 0.0325. The van der Waals surface area contributed by atoms with E-state index in [4.69, 9.17) is 5.26 Å². The van der Waals surface area contributed by atoms with Crippen LogP contribution >= 0.6 is 0 Å². The number of rotatable bonds is 5. The fourth-order valence-electron chi connectivity index (χ4n) is 2.03. The first-order chi connectivity index (χ1) is 11.3. The molecular weight excluding hydrogens is 328 g/mol. The summed E-state index contributed by atoms with van der Waals surface area (Å²) in [5, 5.41) is 11.6. The highest BCUT2D eigenvalue weighted by molar-refractivity contribution is 7.89. The predicted molar refractivity (Wildman–Crippen MR) is 88.6 cm³/mol. The molecule has 2 aromatic rings. The Balaban J connectivity index is 2.15. The molecule has 0 aliphatic rings. The van der Waals surface area contributed by atoms with E-state index in [0.29, 0.717) is 5.82 Å². The van der Waals surface area contributed by atoms with E-state index in [1.54, 1.807) is 31.2 Å². The molecule has 0 spiro atoms. The van der Waals surface area contributed by atoms with Gasteiger partial charge in [-0.2, -0.15) is 9.57 Å². The number of pyridine rings is 1. The molecule has 1 heterocycles. The van der Waals surface area contributed by atoms with Crippen molar-refractivity contribution < 1.29 is 13.2 Å². The first-order valence-corrected chi connectivity index (χ1v) is 8.47. The van der Waals surface area contributed by atoms with Crippen LogP contribution in [0.5, 0.6) is 0 Å². The minimum Gasteiger partial charge on any atom is -0.310 e. The van der Waals surface area contributed by atoms with Gasteiger partial charge in [0.1, 0.15) is 11.9 Å². The van der Waals surface area contributed by atoms with Crippen molar-refractivity contribution in [1.82, 2.24) is 9.29 Å². The molecule has 1 N–H and O–H groups in total. The highest BCUT2D eigenvalue weighted by Crippen LogP contribution is 2.18. The van der Waals surface area contributed by atoms with Crippen molar-refractivity contribution in [2.24, 2.45) is 0 Å². The van der Waals surface area contributed by atoms with Crippen LogP contribution in [0.3, 0.4) is 0 Å². The molecule has 8 heteroatoms. The lowest BCUT2D eigenvalue weighted by molar-refractivity contribution is -0.116. The second-order valence-electron chi connectivity index (χ2n) is 5.08. The van der Waals surface area contributed by atoms with Gasteiger partial charge in [0.15, 0.2) is 0 Å². The average Bonchev–Trinajstić information content (AvgIpc) is 2.54. The summed E-state index contributed by atoms with van der Waals surface area (Å²) in [7, 11) is -2.66. The number of carbonyl (C=O) groups excluding carboxylic acids is 1. The van der Waals surface area contributed by atoms with Crippen molar-refractivity contribution in [3.63, 3.8) is 0 Å². The third kappa shape index (κ3) is 3.95. The molecular formula is C16H16N4O3S. The molecule has 0 radical (unpaired) electrons. The lowest BCUT2D eigenvalue weighted by Gasteiger charge is -2.17. The number of hydrogen-bond acceptors (Lipinski definition) is 5. The number of amides is 1. The highest BCUT2D eigenvalue weighted by atomic mass is 32.2. The van der Waals surface area contributed by atoms with Gasteiger partial charge < -0.3 is 5.32 Å². The highest BCUT2D eigenvalue weighted by Gasteiger charge is 2.25. The zero-order chi connectivity index (χ0) is 17.7. The maximum absolute atomic E-state index is 12.5. The van der Waals surface area contributed by atoms with Crippen molar-refractivity contribution >= 4 is 21.7 Å². The third-order valence-electron chi connectivity index (χ3n) is 3.22. The van der Waals surface area contributed by atoms with E-state index in [9.17, 15) is 13.2 Å². The fourth-order valence-corrected chi connectivity index (χ4v) is 3.30. The van der Waals surface area contributed by atoms with E-state index in [1.807, 2.05) is 6.07 Å². The Labute approximate surface area is 140 Å². The molecule has 0 aliphatic carbocycles. The number of aryl methyl sites for hydroxylation is 1. The number of carbonyl (C=O) groups is 1. The molecule has 1 aromatic heterocycles. The standard InChI is InChI=1S/C16H16N4O3S/c1-12-6-5-9-15(18-12)19-16(21)11-20(2)24(22,23)14-8-4-3-7-13(14)10-17/h3-9H,11H2,1-2H3,(H,18,19,21). The van der Waals surface area contributed by atoms with Gasteiger partial charge in [-0.1, -0.05) is 18.2 Å². The number of aromatic nitrogens is 1. The Morgan fingerprint density at radius 2 is 1.96 bits per heavy atom. The van der Waals surface area contributed by atoms with Crippen LogP contribution in [-0.2, 0) is 14.8 Å². The summed E-state index contributed by atoms with van der Waals surface area (Å²) in [4.78, 5) is 16.0. The first kappa shape index (κ1) is 17.6. The second-order valence-corrected chi connectivity index (χ2v) is 7.09. The van der Waals surface area contributed by atoms with Crippen molar-refractivity contribution in [2.75, 3.05) is 18.9 Å². The van der Waals surface area contributed by atoms with Crippen LogP contribution < -0.4 is 5.32 Å². The zero-order valence-electron chi connectivity index (χ0n) is 13.2. The van der Waals surface area contributed by atoms with Crippen LogP contribution in [-0.4, -0.2) is 37.2 Å². The molecule has 0 unspecified atom stereocenters. The molecule has 0 bridgehead atoms. The molecule has 0 saturated heterocycles. The number of anilines is 1. The van der Waals surface area contributed by atoms with Crippen molar-refractivity contribution in [1.29, 1.82) is 5.26 Å². The molecule has 2 rings (SSSR count). The van der Waals surface area contributed by atoms with E-state index < -0.39 is 22.5 Å². The normalized spacial score (nSPS) is 11.1. The average molecular weight is 344 g/mol. The predicted octanol–water partition coefficient (Wildman–Crippen LogP) is 1.52. The molecule has 0 fully saturated rings. The maximum atomic E-state index is 12.5. The second kappa shape index (κ2) is 7.21. The summed E-state index contributed by atoms with van der Waals surface area (Å²) in [6, 6.07) is 12.8. The topological polar surface area (TPSA) is 103 Å². The van der Waals surface area contributed by atoms with Crippen LogP contribution in [0.1, 0.15) is 11.3 Å². The number of nitrogens with zero attached hydrogens (tertiary/aromatic N) is 3. The molecule has 124 valence electrons. The Hall–Kier alpha value is -2.76. The largest absolute Gasteiger partial charge is 0.310 e. The van der Waals surface area contributed by atoms with Gasteiger partial charge in [0.2, 0.25) is 15.9 Å². The molecule has 24 heavy (non-hydrogen) atoms. The number of likely N-dealkylation sites (N-methyl/N-ethyl adjacent to an activating group) is 1. The van der Waals surface area contributed by atoms with Crippen LogP contribution in [0.2, 0.25) is 0 Å².